The van der Waals surface area contributed by atoms with E-state index in [1.165, 1.54) is 44.1 Å². The second-order valence-corrected chi connectivity index (χ2v) is 9.23. The highest BCUT2D eigenvalue weighted by atomic mass is 16.5. The molecule has 1 aliphatic carbocycles. The number of carbonyl (C=O) groups is 1. The van der Waals surface area contributed by atoms with Crippen molar-refractivity contribution in [3.8, 4) is 0 Å². The molecule has 0 radical (unpaired) electrons. The SMILES string of the molecule is O=C(Cc1nc2cccc(NC3CCCCCC3)n2n1)c1ccc(CN2CCOCC2)cc1. The third-order valence-electron chi connectivity index (χ3n) is 6.72. The van der Waals surface area contributed by atoms with E-state index in [1.807, 2.05) is 34.8 Å². The van der Waals surface area contributed by atoms with Crippen LogP contribution in [0.4, 0.5) is 5.82 Å². The number of hydrogen-bond donors (Lipinski definition) is 1. The average molecular weight is 448 g/mol. The van der Waals surface area contributed by atoms with Crippen LogP contribution in [0, 0.1) is 0 Å². The van der Waals surface area contributed by atoms with Gasteiger partial charge in [0.25, 0.3) is 0 Å². The molecular weight excluding hydrogens is 414 g/mol. The fourth-order valence-electron chi connectivity index (χ4n) is 4.83. The number of fused-ring (bicyclic) bond motifs is 1. The fraction of sp³-hybridized carbons (Fsp3) is 0.500. The van der Waals surface area contributed by atoms with Gasteiger partial charge in [-0.3, -0.25) is 9.69 Å². The van der Waals surface area contributed by atoms with Crippen LogP contribution in [-0.4, -0.2) is 57.6 Å². The Hall–Kier alpha value is -2.77. The average Bonchev–Trinajstić information content (AvgIpc) is 3.08. The van der Waals surface area contributed by atoms with Gasteiger partial charge in [-0.05, 0) is 30.5 Å². The number of Topliss-reactive ketones (excluding diaryl/α,β-unsaturated/α-hetero) is 1. The monoisotopic (exact) mass is 447 g/mol. The lowest BCUT2D eigenvalue weighted by Gasteiger charge is -2.26. The molecule has 0 bridgehead atoms. The molecule has 2 aliphatic rings. The minimum atomic E-state index is 0.0436. The molecule has 7 nitrogen and oxygen atoms in total. The third kappa shape index (κ3) is 5.60. The molecule has 0 amide bonds. The first kappa shape index (κ1) is 22.0. The molecule has 33 heavy (non-hydrogen) atoms. The number of anilines is 1. The first-order chi connectivity index (χ1) is 16.2. The zero-order valence-electron chi connectivity index (χ0n) is 19.2. The van der Waals surface area contributed by atoms with Gasteiger partial charge >= 0.3 is 0 Å². The lowest BCUT2D eigenvalue weighted by Crippen LogP contribution is -2.35. The van der Waals surface area contributed by atoms with Crippen LogP contribution >= 0.6 is 0 Å². The van der Waals surface area contributed by atoms with E-state index in [9.17, 15) is 4.79 Å². The summed E-state index contributed by atoms with van der Waals surface area (Å²) in [5, 5.41) is 8.33. The number of nitrogens with zero attached hydrogens (tertiary/aromatic N) is 4. The molecule has 0 unspecified atom stereocenters. The van der Waals surface area contributed by atoms with Crippen molar-refractivity contribution in [3.05, 3.63) is 59.4 Å². The Morgan fingerprint density at radius 3 is 2.52 bits per heavy atom. The van der Waals surface area contributed by atoms with Gasteiger partial charge < -0.3 is 10.1 Å². The van der Waals surface area contributed by atoms with Crippen LogP contribution in [0.25, 0.3) is 5.65 Å². The number of rotatable bonds is 7. The Morgan fingerprint density at radius 1 is 1.00 bits per heavy atom. The van der Waals surface area contributed by atoms with Gasteiger partial charge in [-0.15, -0.1) is 5.10 Å². The van der Waals surface area contributed by atoms with Crippen molar-refractivity contribution in [2.75, 3.05) is 31.6 Å². The number of pyridine rings is 1. The number of ether oxygens (including phenoxy) is 1. The second kappa shape index (κ2) is 10.4. The first-order valence-electron chi connectivity index (χ1n) is 12.3. The highest BCUT2D eigenvalue weighted by molar-refractivity contribution is 5.97. The Kier molecular flexibility index (Phi) is 6.98. The summed E-state index contributed by atoms with van der Waals surface area (Å²) in [6.45, 7) is 4.39. The highest BCUT2D eigenvalue weighted by Gasteiger charge is 2.17. The number of hydrogen-bond acceptors (Lipinski definition) is 6. The summed E-state index contributed by atoms with van der Waals surface area (Å²) in [5.74, 6) is 1.56. The van der Waals surface area contributed by atoms with Crippen LogP contribution in [0.1, 0.15) is 60.3 Å². The van der Waals surface area contributed by atoms with Gasteiger partial charge in [-0.1, -0.05) is 56.0 Å². The summed E-state index contributed by atoms with van der Waals surface area (Å²) in [7, 11) is 0. The van der Waals surface area contributed by atoms with Crippen molar-refractivity contribution in [2.45, 2.75) is 57.5 Å². The Balaban J connectivity index is 1.24. The standard InChI is InChI=1S/C26H33N5O2/c32-23(21-12-10-20(11-13-21)19-30-14-16-33-17-15-30)18-24-28-26-9-5-8-25(31(26)29-24)27-22-6-3-1-2-4-7-22/h5,8-13,22,27H,1-4,6-7,14-19H2. The number of aromatic nitrogens is 3. The summed E-state index contributed by atoms with van der Waals surface area (Å²) in [6.07, 6.45) is 7.79. The normalized spacial score (nSPS) is 18.3. The van der Waals surface area contributed by atoms with Gasteiger partial charge in [0.1, 0.15) is 5.82 Å². The maximum Gasteiger partial charge on any atom is 0.170 e. The van der Waals surface area contributed by atoms with E-state index >= 15 is 0 Å². The van der Waals surface area contributed by atoms with Gasteiger partial charge in [0.15, 0.2) is 17.3 Å². The number of nitrogens with one attached hydrogen (secondary N) is 1. The molecule has 174 valence electrons. The second-order valence-electron chi connectivity index (χ2n) is 9.23. The molecule has 1 saturated heterocycles. The first-order valence-corrected chi connectivity index (χ1v) is 12.3. The molecular formula is C26H33N5O2. The maximum absolute atomic E-state index is 12.9. The van der Waals surface area contributed by atoms with Crippen molar-refractivity contribution in [2.24, 2.45) is 0 Å². The van der Waals surface area contributed by atoms with E-state index in [4.69, 9.17) is 4.74 Å². The van der Waals surface area contributed by atoms with Crippen LogP contribution in [0.3, 0.4) is 0 Å². The molecule has 2 aromatic heterocycles. The van der Waals surface area contributed by atoms with Crippen molar-refractivity contribution in [3.63, 3.8) is 0 Å². The maximum atomic E-state index is 12.9. The summed E-state index contributed by atoms with van der Waals surface area (Å²) in [5.41, 5.74) is 2.70. The third-order valence-corrected chi connectivity index (χ3v) is 6.72. The molecule has 5 rings (SSSR count). The van der Waals surface area contributed by atoms with Crippen LogP contribution < -0.4 is 5.32 Å². The van der Waals surface area contributed by atoms with E-state index in [2.05, 4.69) is 32.4 Å². The Labute approximate surface area is 195 Å². The van der Waals surface area contributed by atoms with Gasteiger partial charge in [0, 0.05) is 31.2 Å². The predicted octanol–water partition coefficient (Wildman–Crippen LogP) is 4.12. The van der Waals surface area contributed by atoms with Crippen LogP contribution in [0.2, 0.25) is 0 Å². The van der Waals surface area contributed by atoms with Crippen molar-refractivity contribution in [1.29, 1.82) is 0 Å². The topological polar surface area (TPSA) is 71.8 Å². The molecule has 1 N–H and O–H groups in total. The van der Waals surface area contributed by atoms with Crippen molar-refractivity contribution < 1.29 is 9.53 Å². The molecule has 3 aromatic rings. The van der Waals surface area contributed by atoms with Crippen molar-refractivity contribution in [1.82, 2.24) is 19.5 Å². The highest BCUT2D eigenvalue weighted by Crippen LogP contribution is 2.22. The van der Waals surface area contributed by atoms with Gasteiger partial charge in [-0.25, -0.2) is 4.98 Å². The van der Waals surface area contributed by atoms with E-state index < -0.39 is 0 Å². The minimum Gasteiger partial charge on any atom is -0.379 e. The molecule has 0 spiro atoms. The number of benzene rings is 1. The lowest BCUT2D eigenvalue weighted by atomic mass is 10.1. The van der Waals surface area contributed by atoms with E-state index in [0.29, 0.717) is 17.4 Å². The minimum absolute atomic E-state index is 0.0436. The molecule has 1 aliphatic heterocycles. The number of carbonyl (C=O) groups excluding carboxylic acids is 1. The molecule has 7 heteroatoms. The fourth-order valence-corrected chi connectivity index (χ4v) is 4.83. The van der Waals surface area contributed by atoms with Crippen LogP contribution in [-0.2, 0) is 17.7 Å². The number of morpholine rings is 1. The summed E-state index contributed by atoms with van der Waals surface area (Å²) in [6, 6.07) is 14.4. The van der Waals surface area contributed by atoms with Gasteiger partial charge in [-0.2, -0.15) is 4.52 Å². The number of ketones is 1. The zero-order chi connectivity index (χ0) is 22.5. The largest absolute Gasteiger partial charge is 0.379 e. The van der Waals surface area contributed by atoms with E-state index in [-0.39, 0.29) is 12.2 Å². The zero-order valence-corrected chi connectivity index (χ0v) is 19.2. The van der Waals surface area contributed by atoms with E-state index in [1.54, 1.807) is 0 Å². The molecule has 3 heterocycles. The molecule has 1 aromatic carbocycles. The Bertz CT molecular complexity index is 1060. The smallest absolute Gasteiger partial charge is 0.170 e. The van der Waals surface area contributed by atoms with Crippen molar-refractivity contribution >= 4 is 17.2 Å². The molecule has 2 fully saturated rings. The lowest BCUT2D eigenvalue weighted by molar-refractivity contribution is 0.0342. The van der Waals surface area contributed by atoms with Gasteiger partial charge in [0.2, 0.25) is 0 Å². The predicted molar refractivity (Wildman–Crippen MR) is 129 cm³/mol. The summed E-state index contributed by atoms with van der Waals surface area (Å²) in [4.78, 5) is 19.9. The van der Waals surface area contributed by atoms with Crippen LogP contribution in [0.5, 0.6) is 0 Å². The summed E-state index contributed by atoms with van der Waals surface area (Å²) < 4.78 is 7.26. The van der Waals surface area contributed by atoms with Gasteiger partial charge in [0.05, 0.1) is 19.6 Å². The summed E-state index contributed by atoms with van der Waals surface area (Å²) >= 11 is 0. The molecule has 0 atom stereocenters. The molecule has 1 saturated carbocycles. The van der Waals surface area contributed by atoms with Crippen LogP contribution in [0.15, 0.2) is 42.5 Å². The Morgan fingerprint density at radius 2 is 1.76 bits per heavy atom. The quantitative estimate of drug-likeness (QED) is 0.434. The van der Waals surface area contributed by atoms with E-state index in [0.717, 1.165) is 44.3 Å².